The van der Waals surface area contributed by atoms with E-state index in [1.807, 2.05) is 47.4 Å². The molecule has 1 fully saturated rings. The number of methoxy groups -OCH3 is 2. The van der Waals surface area contributed by atoms with Gasteiger partial charge in [-0.05, 0) is 36.2 Å². The maximum atomic E-state index is 12.5. The summed E-state index contributed by atoms with van der Waals surface area (Å²) in [6, 6.07) is 16.0. The quantitative estimate of drug-likeness (QED) is 0.800. The fourth-order valence-corrected chi connectivity index (χ4v) is 3.22. The lowest BCUT2D eigenvalue weighted by molar-refractivity contribution is -0.131. The van der Waals surface area contributed by atoms with Crippen molar-refractivity contribution in [3.63, 3.8) is 0 Å². The molecule has 0 unspecified atom stereocenters. The van der Waals surface area contributed by atoms with Gasteiger partial charge >= 0.3 is 0 Å². The molecule has 0 bridgehead atoms. The number of amides is 1. The van der Waals surface area contributed by atoms with Crippen LogP contribution in [0.25, 0.3) is 0 Å². The van der Waals surface area contributed by atoms with Crippen molar-refractivity contribution in [1.29, 1.82) is 0 Å². The van der Waals surface area contributed by atoms with E-state index >= 15 is 0 Å². The Kier molecular flexibility index (Phi) is 6.00. The molecule has 5 heteroatoms. The van der Waals surface area contributed by atoms with Crippen molar-refractivity contribution in [2.45, 2.75) is 12.8 Å². The SMILES string of the molecule is COc1ccc(CCC(=O)N2CCN(c3cccc(OC)c3)CC2)cc1. The standard InChI is InChI=1S/C21H26N2O3/c1-25-19-9-6-17(7-10-19)8-11-21(24)23-14-12-22(13-15-23)18-4-3-5-20(16-18)26-2/h3-7,9-10,16H,8,11-15H2,1-2H3. The lowest BCUT2D eigenvalue weighted by Crippen LogP contribution is -2.48. The first-order valence-electron chi connectivity index (χ1n) is 8.99. The van der Waals surface area contributed by atoms with Gasteiger partial charge in [-0.1, -0.05) is 18.2 Å². The summed E-state index contributed by atoms with van der Waals surface area (Å²) in [5.74, 6) is 1.93. The van der Waals surface area contributed by atoms with E-state index in [4.69, 9.17) is 9.47 Å². The van der Waals surface area contributed by atoms with Gasteiger partial charge in [0.25, 0.3) is 0 Å². The number of hydrogen-bond acceptors (Lipinski definition) is 4. The summed E-state index contributed by atoms with van der Waals surface area (Å²) in [6.07, 6.45) is 1.31. The van der Waals surface area contributed by atoms with Gasteiger partial charge in [0.2, 0.25) is 5.91 Å². The first kappa shape index (κ1) is 18.1. The molecule has 5 nitrogen and oxygen atoms in total. The fraction of sp³-hybridized carbons (Fsp3) is 0.381. The summed E-state index contributed by atoms with van der Waals surface area (Å²) < 4.78 is 10.5. The van der Waals surface area contributed by atoms with Gasteiger partial charge in [0, 0.05) is 44.4 Å². The maximum absolute atomic E-state index is 12.5. The van der Waals surface area contributed by atoms with Crippen LogP contribution in [0.1, 0.15) is 12.0 Å². The van der Waals surface area contributed by atoms with Gasteiger partial charge in [-0.2, -0.15) is 0 Å². The zero-order chi connectivity index (χ0) is 18.4. The summed E-state index contributed by atoms with van der Waals surface area (Å²) in [7, 11) is 3.34. The Bertz CT molecular complexity index is 722. The number of nitrogens with zero attached hydrogens (tertiary/aromatic N) is 2. The molecule has 1 amide bonds. The van der Waals surface area contributed by atoms with Crippen molar-refractivity contribution >= 4 is 11.6 Å². The number of piperazine rings is 1. The van der Waals surface area contributed by atoms with E-state index in [1.54, 1.807) is 14.2 Å². The average Bonchev–Trinajstić information content (AvgIpc) is 2.72. The molecule has 0 N–H and O–H groups in total. The molecule has 0 saturated carbocycles. The highest BCUT2D eigenvalue weighted by Gasteiger charge is 2.21. The van der Waals surface area contributed by atoms with Crippen LogP contribution in [0.3, 0.4) is 0 Å². The topological polar surface area (TPSA) is 42.0 Å². The zero-order valence-electron chi connectivity index (χ0n) is 15.5. The molecule has 0 atom stereocenters. The van der Waals surface area contributed by atoms with Gasteiger partial charge in [-0.3, -0.25) is 4.79 Å². The predicted octanol–water partition coefficient (Wildman–Crippen LogP) is 2.99. The molecule has 26 heavy (non-hydrogen) atoms. The number of anilines is 1. The highest BCUT2D eigenvalue weighted by Crippen LogP contribution is 2.22. The second-order valence-electron chi connectivity index (χ2n) is 6.42. The average molecular weight is 354 g/mol. The molecule has 3 rings (SSSR count). The molecular formula is C21H26N2O3. The van der Waals surface area contributed by atoms with E-state index in [0.29, 0.717) is 6.42 Å². The Hall–Kier alpha value is -2.69. The number of carbonyl (C=O) groups excluding carboxylic acids is 1. The molecule has 0 aliphatic carbocycles. The number of rotatable bonds is 6. The van der Waals surface area contributed by atoms with Crippen molar-refractivity contribution in [1.82, 2.24) is 4.90 Å². The highest BCUT2D eigenvalue weighted by atomic mass is 16.5. The fourth-order valence-electron chi connectivity index (χ4n) is 3.22. The lowest BCUT2D eigenvalue weighted by atomic mass is 10.1. The Morgan fingerprint density at radius 2 is 1.62 bits per heavy atom. The monoisotopic (exact) mass is 354 g/mol. The first-order valence-corrected chi connectivity index (χ1v) is 8.99. The van der Waals surface area contributed by atoms with Crippen LogP contribution in [-0.4, -0.2) is 51.2 Å². The lowest BCUT2D eigenvalue weighted by Gasteiger charge is -2.36. The van der Waals surface area contributed by atoms with E-state index in [0.717, 1.165) is 55.3 Å². The molecule has 1 saturated heterocycles. The molecule has 138 valence electrons. The van der Waals surface area contributed by atoms with Gasteiger partial charge in [-0.15, -0.1) is 0 Å². The third-order valence-electron chi connectivity index (χ3n) is 4.84. The highest BCUT2D eigenvalue weighted by molar-refractivity contribution is 5.76. The van der Waals surface area contributed by atoms with Crippen molar-refractivity contribution < 1.29 is 14.3 Å². The number of aryl methyl sites for hydroxylation is 1. The zero-order valence-corrected chi connectivity index (χ0v) is 15.5. The summed E-state index contributed by atoms with van der Waals surface area (Å²) in [4.78, 5) is 16.8. The maximum Gasteiger partial charge on any atom is 0.223 e. The van der Waals surface area contributed by atoms with Crippen LogP contribution in [0.5, 0.6) is 11.5 Å². The van der Waals surface area contributed by atoms with Gasteiger partial charge in [0.1, 0.15) is 11.5 Å². The molecular weight excluding hydrogens is 328 g/mol. The number of hydrogen-bond donors (Lipinski definition) is 0. The van der Waals surface area contributed by atoms with E-state index in [2.05, 4.69) is 11.0 Å². The molecule has 0 aromatic heterocycles. The molecule has 0 radical (unpaired) electrons. The number of ether oxygens (including phenoxy) is 2. The van der Waals surface area contributed by atoms with Crippen molar-refractivity contribution in [3.8, 4) is 11.5 Å². The van der Waals surface area contributed by atoms with Crippen molar-refractivity contribution in [2.75, 3.05) is 45.3 Å². The smallest absolute Gasteiger partial charge is 0.223 e. The van der Waals surface area contributed by atoms with Crippen LogP contribution in [0.15, 0.2) is 48.5 Å². The summed E-state index contributed by atoms with van der Waals surface area (Å²) in [5, 5.41) is 0. The van der Waals surface area contributed by atoms with Crippen LogP contribution in [0, 0.1) is 0 Å². The second-order valence-corrected chi connectivity index (χ2v) is 6.42. The summed E-state index contributed by atoms with van der Waals surface area (Å²) in [6.45, 7) is 3.22. The van der Waals surface area contributed by atoms with E-state index in [-0.39, 0.29) is 5.91 Å². The van der Waals surface area contributed by atoms with Crippen molar-refractivity contribution in [2.24, 2.45) is 0 Å². The van der Waals surface area contributed by atoms with Gasteiger partial charge in [0.05, 0.1) is 14.2 Å². The molecule has 0 spiro atoms. The van der Waals surface area contributed by atoms with Gasteiger partial charge in [0.15, 0.2) is 0 Å². The minimum Gasteiger partial charge on any atom is -0.497 e. The molecule has 2 aromatic carbocycles. The van der Waals surface area contributed by atoms with E-state index in [9.17, 15) is 4.79 Å². The Morgan fingerprint density at radius 3 is 2.27 bits per heavy atom. The molecule has 1 aliphatic rings. The summed E-state index contributed by atoms with van der Waals surface area (Å²) >= 11 is 0. The summed E-state index contributed by atoms with van der Waals surface area (Å²) in [5.41, 5.74) is 2.31. The largest absolute Gasteiger partial charge is 0.497 e. The Labute approximate surface area is 155 Å². The van der Waals surface area contributed by atoms with Crippen LogP contribution >= 0.6 is 0 Å². The van der Waals surface area contributed by atoms with Crippen LogP contribution in [0.4, 0.5) is 5.69 Å². The Balaban J connectivity index is 1.48. The normalized spacial score (nSPS) is 14.2. The predicted molar refractivity (Wildman–Crippen MR) is 103 cm³/mol. The molecule has 1 heterocycles. The number of carbonyl (C=O) groups is 1. The number of benzene rings is 2. The van der Waals surface area contributed by atoms with Crippen LogP contribution < -0.4 is 14.4 Å². The Morgan fingerprint density at radius 1 is 0.923 bits per heavy atom. The van der Waals surface area contributed by atoms with Gasteiger partial charge < -0.3 is 19.3 Å². The van der Waals surface area contributed by atoms with Crippen LogP contribution in [0.2, 0.25) is 0 Å². The first-order chi connectivity index (χ1) is 12.7. The van der Waals surface area contributed by atoms with Crippen LogP contribution in [-0.2, 0) is 11.2 Å². The van der Waals surface area contributed by atoms with Crippen molar-refractivity contribution in [3.05, 3.63) is 54.1 Å². The van der Waals surface area contributed by atoms with E-state index in [1.165, 1.54) is 0 Å². The van der Waals surface area contributed by atoms with E-state index < -0.39 is 0 Å². The molecule has 1 aliphatic heterocycles. The third kappa shape index (κ3) is 4.48. The third-order valence-corrected chi connectivity index (χ3v) is 4.84. The minimum atomic E-state index is 0.228. The van der Waals surface area contributed by atoms with Gasteiger partial charge in [-0.25, -0.2) is 0 Å². The minimum absolute atomic E-state index is 0.228. The second kappa shape index (κ2) is 8.61. The molecule has 2 aromatic rings.